The number of aromatic nitrogens is 5. The average Bonchev–Trinajstić information content (AvgIpc) is 2.22. The zero-order chi connectivity index (χ0) is 9.36. The second kappa shape index (κ2) is 5.53. The molecule has 0 radical (unpaired) electrons. The van der Waals surface area contributed by atoms with E-state index < -0.39 is 0 Å². The molecule has 2 aromatic rings. The topological polar surface area (TPSA) is 84.7 Å². The summed E-state index contributed by atoms with van der Waals surface area (Å²) in [6.07, 6.45) is 4.60. The first-order valence-electron chi connectivity index (χ1n) is 3.44. The Morgan fingerprint density at radius 3 is 2.00 bits per heavy atom. The predicted octanol–water partition coefficient (Wildman–Crippen LogP) is 0.0538. The molecule has 0 aliphatic carbocycles. The first-order chi connectivity index (χ1) is 6.39. The molecule has 0 saturated heterocycles. The van der Waals surface area contributed by atoms with Gasteiger partial charge in [-0.25, -0.2) is 0 Å². The maximum Gasteiger partial charge on any atom is 0.253 e. The highest BCUT2D eigenvalue weighted by molar-refractivity contribution is 4.91. The molecule has 2 heterocycles. The van der Waals surface area contributed by atoms with E-state index in [1.54, 1.807) is 12.4 Å². The van der Waals surface area contributed by atoms with Gasteiger partial charge in [0, 0.05) is 12.4 Å². The van der Waals surface area contributed by atoms with Gasteiger partial charge in [-0.05, 0) is 22.6 Å². The minimum absolute atomic E-state index is 0.213. The summed E-state index contributed by atoms with van der Waals surface area (Å²) in [5, 5.41) is 20.8. The quantitative estimate of drug-likeness (QED) is 0.612. The molecule has 66 valence electrons. The van der Waals surface area contributed by atoms with Crippen molar-refractivity contribution in [2.45, 2.75) is 0 Å². The molecule has 6 heteroatoms. The van der Waals surface area contributed by atoms with Crippen LogP contribution >= 0.6 is 0 Å². The molecule has 1 N–H and O–H groups in total. The Morgan fingerprint density at radius 2 is 1.77 bits per heavy atom. The Hall–Kier alpha value is -2.11. The first kappa shape index (κ1) is 8.98. The van der Waals surface area contributed by atoms with Crippen LogP contribution in [0.5, 0.6) is 5.88 Å². The van der Waals surface area contributed by atoms with Gasteiger partial charge in [0.15, 0.2) is 0 Å². The van der Waals surface area contributed by atoms with Crippen LogP contribution < -0.4 is 0 Å². The van der Waals surface area contributed by atoms with Crippen molar-refractivity contribution >= 4 is 0 Å². The van der Waals surface area contributed by atoms with Crippen molar-refractivity contribution < 1.29 is 5.11 Å². The van der Waals surface area contributed by atoms with E-state index in [0.717, 1.165) is 6.20 Å². The van der Waals surface area contributed by atoms with E-state index in [4.69, 9.17) is 5.11 Å². The van der Waals surface area contributed by atoms with Crippen molar-refractivity contribution in [3.63, 3.8) is 0 Å². The normalized spacial score (nSPS) is 8.31. The maximum absolute atomic E-state index is 8.36. The molecule has 0 aromatic carbocycles. The smallest absolute Gasteiger partial charge is 0.253 e. The van der Waals surface area contributed by atoms with Crippen molar-refractivity contribution in [1.29, 1.82) is 0 Å². The molecule has 2 rings (SSSR count). The van der Waals surface area contributed by atoms with E-state index in [1.165, 1.54) is 0 Å². The summed E-state index contributed by atoms with van der Waals surface area (Å²) in [4.78, 5) is 3.78. The molecule has 0 amide bonds. The number of rotatable bonds is 0. The standard InChI is InChI=1S/C5H5N.C2H2N4O/c1-2-4-6-5-3-1;7-2-1-3-5-6-4-2/h1-5H;1H,(H,4,5,7). The zero-order valence-corrected chi connectivity index (χ0v) is 6.65. The molecule has 6 nitrogen and oxygen atoms in total. The first-order valence-corrected chi connectivity index (χ1v) is 3.44. The van der Waals surface area contributed by atoms with Crippen molar-refractivity contribution in [3.8, 4) is 5.88 Å². The van der Waals surface area contributed by atoms with E-state index in [0.29, 0.717) is 0 Å². The molecule has 0 bridgehead atoms. The van der Waals surface area contributed by atoms with Gasteiger partial charge < -0.3 is 5.11 Å². The summed E-state index contributed by atoms with van der Waals surface area (Å²) < 4.78 is 0. The van der Waals surface area contributed by atoms with Gasteiger partial charge in [-0.15, -0.1) is 5.10 Å². The van der Waals surface area contributed by atoms with Crippen LogP contribution in [0.3, 0.4) is 0 Å². The third-order valence-electron chi connectivity index (χ3n) is 0.979. The molecule has 0 spiro atoms. The minimum atomic E-state index is -0.213. The lowest BCUT2D eigenvalue weighted by atomic mass is 10.5. The van der Waals surface area contributed by atoms with Gasteiger partial charge >= 0.3 is 0 Å². The summed E-state index contributed by atoms with van der Waals surface area (Å²) in [6, 6.07) is 5.72. The molecule has 0 fully saturated rings. The van der Waals surface area contributed by atoms with Crippen molar-refractivity contribution in [2.75, 3.05) is 0 Å². The molecule has 0 aliphatic heterocycles. The Balaban J connectivity index is 0.000000132. The van der Waals surface area contributed by atoms with Gasteiger partial charge in [-0.1, -0.05) is 11.2 Å². The largest absolute Gasteiger partial charge is 0.491 e. The summed E-state index contributed by atoms with van der Waals surface area (Å²) >= 11 is 0. The molecule has 2 aromatic heterocycles. The third-order valence-corrected chi connectivity index (χ3v) is 0.979. The molecule has 0 aliphatic rings. The number of pyridine rings is 1. The predicted molar refractivity (Wildman–Crippen MR) is 43.5 cm³/mol. The van der Waals surface area contributed by atoms with Crippen LogP contribution in [0.15, 0.2) is 36.8 Å². The van der Waals surface area contributed by atoms with Gasteiger partial charge in [0.1, 0.15) is 6.20 Å². The molecule has 0 atom stereocenters. The summed E-state index contributed by atoms with van der Waals surface area (Å²) in [5.74, 6) is -0.213. The Kier molecular flexibility index (Phi) is 3.82. The molecule has 0 saturated carbocycles. The van der Waals surface area contributed by atoms with Crippen LogP contribution in [-0.4, -0.2) is 30.7 Å². The lowest BCUT2D eigenvalue weighted by molar-refractivity contribution is 0.432. The Bertz CT molecular complexity index is 287. The Morgan fingerprint density at radius 1 is 1.00 bits per heavy atom. The second-order valence-corrected chi connectivity index (χ2v) is 1.91. The van der Waals surface area contributed by atoms with E-state index in [2.05, 4.69) is 25.6 Å². The van der Waals surface area contributed by atoms with Gasteiger partial charge in [0.2, 0.25) is 0 Å². The monoisotopic (exact) mass is 177 g/mol. The average molecular weight is 177 g/mol. The molecule has 0 unspecified atom stereocenters. The highest BCUT2D eigenvalue weighted by Crippen LogP contribution is 1.89. The lowest BCUT2D eigenvalue weighted by Gasteiger charge is -1.77. The number of aromatic hydroxyl groups is 1. The summed E-state index contributed by atoms with van der Waals surface area (Å²) in [7, 11) is 0. The number of hydrogen-bond donors (Lipinski definition) is 1. The molecular formula is C7H7N5O. The second-order valence-electron chi connectivity index (χ2n) is 1.91. The fourth-order valence-electron chi connectivity index (χ4n) is 0.505. The number of hydrogen-bond acceptors (Lipinski definition) is 6. The van der Waals surface area contributed by atoms with E-state index >= 15 is 0 Å². The highest BCUT2D eigenvalue weighted by Gasteiger charge is 1.80. The van der Waals surface area contributed by atoms with E-state index in [-0.39, 0.29) is 5.88 Å². The van der Waals surface area contributed by atoms with Crippen LogP contribution in [0.1, 0.15) is 0 Å². The van der Waals surface area contributed by atoms with Gasteiger partial charge in [-0.3, -0.25) is 4.98 Å². The van der Waals surface area contributed by atoms with Crippen LogP contribution in [0.4, 0.5) is 0 Å². The van der Waals surface area contributed by atoms with Crippen LogP contribution in [0.25, 0.3) is 0 Å². The zero-order valence-electron chi connectivity index (χ0n) is 6.65. The van der Waals surface area contributed by atoms with Gasteiger partial charge in [0.25, 0.3) is 5.88 Å². The molecule has 13 heavy (non-hydrogen) atoms. The lowest BCUT2D eigenvalue weighted by Crippen LogP contribution is -1.86. The van der Waals surface area contributed by atoms with Crippen molar-refractivity contribution in [2.24, 2.45) is 0 Å². The van der Waals surface area contributed by atoms with Gasteiger partial charge in [-0.2, -0.15) is 0 Å². The SMILES string of the molecule is Oc1cnnnn1.c1ccncc1. The minimum Gasteiger partial charge on any atom is -0.491 e. The van der Waals surface area contributed by atoms with Gasteiger partial charge in [0.05, 0.1) is 0 Å². The third kappa shape index (κ3) is 4.35. The van der Waals surface area contributed by atoms with Crippen LogP contribution in [0, 0.1) is 0 Å². The Labute approximate surface area is 74.3 Å². The fraction of sp³-hybridized carbons (Fsp3) is 0. The maximum atomic E-state index is 8.36. The van der Waals surface area contributed by atoms with Crippen LogP contribution in [-0.2, 0) is 0 Å². The van der Waals surface area contributed by atoms with Crippen molar-refractivity contribution in [3.05, 3.63) is 36.8 Å². The summed E-state index contributed by atoms with van der Waals surface area (Å²) in [6.45, 7) is 0. The van der Waals surface area contributed by atoms with E-state index in [9.17, 15) is 0 Å². The van der Waals surface area contributed by atoms with Crippen LogP contribution in [0.2, 0.25) is 0 Å². The number of nitrogens with zero attached hydrogens (tertiary/aromatic N) is 5. The van der Waals surface area contributed by atoms with E-state index in [1.807, 2.05) is 18.2 Å². The summed E-state index contributed by atoms with van der Waals surface area (Å²) in [5.41, 5.74) is 0. The molecular weight excluding hydrogens is 170 g/mol. The highest BCUT2D eigenvalue weighted by atomic mass is 16.3. The fourth-order valence-corrected chi connectivity index (χ4v) is 0.505. The van der Waals surface area contributed by atoms with Crippen molar-refractivity contribution in [1.82, 2.24) is 25.6 Å².